The average Bonchev–Trinajstić information content (AvgIpc) is 2.62. The molecule has 5 heteroatoms. The van der Waals surface area contributed by atoms with Gasteiger partial charge in [-0.25, -0.2) is 14.4 Å². The van der Waals surface area contributed by atoms with Crippen molar-refractivity contribution < 1.29 is 4.39 Å². The van der Waals surface area contributed by atoms with Gasteiger partial charge >= 0.3 is 0 Å². The molecule has 1 N–H and O–H groups in total. The summed E-state index contributed by atoms with van der Waals surface area (Å²) in [5, 5.41) is 3.29. The van der Waals surface area contributed by atoms with E-state index in [1.807, 2.05) is 31.2 Å². The number of aromatic nitrogens is 2. The van der Waals surface area contributed by atoms with Crippen LogP contribution in [0.1, 0.15) is 18.3 Å². The monoisotopic (exact) mass is 336 g/mol. The number of para-hydroxylation sites is 1. The third-order valence-corrected chi connectivity index (χ3v) is 3.87. The predicted octanol–water partition coefficient (Wildman–Crippen LogP) is 4.69. The molecular weight excluding hydrogens is 315 g/mol. The van der Waals surface area contributed by atoms with Crippen LogP contribution in [0, 0.1) is 12.7 Å². The van der Waals surface area contributed by atoms with Crippen LogP contribution in [-0.4, -0.2) is 16.5 Å². The van der Waals surface area contributed by atoms with Crippen molar-refractivity contribution in [1.29, 1.82) is 0 Å². The molecule has 1 aromatic heterocycles. The molecule has 2 aromatic carbocycles. The Bertz CT molecular complexity index is 819. The zero-order valence-corrected chi connectivity index (χ0v) is 14.4. The van der Waals surface area contributed by atoms with Gasteiger partial charge in [0, 0.05) is 24.8 Å². The van der Waals surface area contributed by atoms with Gasteiger partial charge in [0.25, 0.3) is 0 Å². The Balaban J connectivity index is 1.81. The molecule has 3 aromatic rings. The Hall–Kier alpha value is -2.95. The van der Waals surface area contributed by atoms with Crippen molar-refractivity contribution in [2.24, 2.45) is 0 Å². The smallest absolute Gasteiger partial charge is 0.138 e. The number of anilines is 3. The number of hydrogen-bond donors (Lipinski definition) is 1. The van der Waals surface area contributed by atoms with Crippen molar-refractivity contribution in [3.05, 3.63) is 77.9 Å². The molecule has 0 saturated heterocycles. The van der Waals surface area contributed by atoms with Gasteiger partial charge in [-0.15, -0.1) is 0 Å². The van der Waals surface area contributed by atoms with E-state index in [1.54, 1.807) is 12.1 Å². The number of halogens is 1. The molecule has 0 aliphatic carbocycles. The topological polar surface area (TPSA) is 41.0 Å². The summed E-state index contributed by atoms with van der Waals surface area (Å²) in [7, 11) is 0. The van der Waals surface area contributed by atoms with Crippen LogP contribution in [-0.2, 0) is 6.54 Å². The summed E-state index contributed by atoms with van der Waals surface area (Å²) < 4.78 is 13.0. The van der Waals surface area contributed by atoms with Crippen molar-refractivity contribution in [3.8, 4) is 0 Å². The van der Waals surface area contributed by atoms with Gasteiger partial charge in [0.05, 0.1) is 0 Å². The van der Waals surface area contributed by atoms with Crippen LogP contribution in [0.2, 0.25) is 0 Å². The SMILES string of the molecule is CCN(c1ccccc1)c1cc(NCc2ccc(F)cc2)nc(C)n1. The van der Waals surface area contributed by atoms with Crippen LogP contribution in [0.15, 0.2) is 60.7 Å². The molecule has 0 unspecified atom stereocenters. The molecule has 25 heavy (non-hydrogen) atoms. The Morgan fingerprint density at radius 1 is 1.00 bits per heavy atom. The molecule has 3 rings (SSSR count). The van der Waals surface area contributed by atoms with Gasteiger partial charge in [0.2, 0.25) is 0 Å². The summed E-state index contributed by atoms with van der Waals surface area (Å²) in [4.78, 5) is 11.2. The number of aryl methyl sites for hydroxylation is 1. The highest BCUT2D eigenvalue weighted by Crippen LogP contribution is 2.25. The van der Waals surface area contributed by atoms with Crippen LogP contribution < -0.4 is 10.2 Å². The molecule has 0 spiro atoms. The number of nitrogens with zero attached hydrogens (tertiary/aromatic N) is 3. The highest BCUT2D eigenvalue weighted by molar-refractivity contribution is 5.62. The Morgan fingerprint density at radius 3 is 2.40 bits per heavy atom. The van der Waals surface area contributed by atoms with E-state index in [1.165, 1.54) is 12.1 Å². The van der Waals surface area contributed by atoms with Gasteiger partial charge in [-0.1, -0.05) is 30.3 Å². The zero-order chi connectivity index (χ0) is 17.6. The number of hydrogen-bond acceptors (Lipinski definition) is 4. The highest BCUT2D eigenvalue weighted by Gasteiger charge is 2.11. The van der Waals surface area contributed by atoms with Crippen molar-refractivity contribution >= 4 is 17.3 Å². The maximum absolute atomic E-state index is 13.0. The van der Waals surface area contributed by atoms with Crippen LogP contribution in [0.25, 0.3) is 0 Å². The lowest BCUT2D eigenvalue weighted by Crippen LogP contribution is -2.18. The van der Waals surface area contributed by atoms with E-state index in [-0.39, 0.29) is 5.82 Å². The summed E-state index contributed by atoms with van der Waals surface area (Å²) in [6.07, 6.45) is 0. The van der Waals surface area contributed by atoms with Crippen LogP contribution >= 0.6 is 0 Å². The zero-order valence-electron chi connectivity index (χ0n) is 14.4. The summed E-state index contributed by atoms with van der Waals surface area (Å²) in [6.45, 7) is 5.35. The quantitative estimate of drug-likeness (QED) is 0.709. The molecule has 0 radical (unpaired) electrons. The fraction of sp³-hybridized carbons (Fsp3) is 0.200. The van der Waals surface area contributed by atoms with Gasteiger partial charge in [-0.05, 0) is 43.7 Å². The predicted molar refractivity (Wildman–Crippen MR) is 99.6 cm³/mol. The minimum atomic E-state index is -0.231. The van der Waals surface area contributed by atoms with Crippen molar-refractivity contribution in [2.45, 2.75) is 20.4 Å². The lowest BCUT2D eigenvalue weighted by molar-refractivity contribution is 0.627. The Kier molecular flexibility index (Phi) is 5.23. The second-order valence-corrected chi connectivity index (χ2v) is 5.72. The fourth-order valence-corrected chi connectivity index (χ4v) is 2.66. The number of nitrogens with one attached hydrogen (secondary N) is 1. The molecule has 0 aliphatic heterocycles. The average molecular weight is 336 g/mol. The Morgan fingerprint density at radius 2 is 1.72 bits per heavy atom. The normalized spacial score (nSPS) is 10.5. The summed E-state index contributed by atoms with van der Waals surface area (Å²) >= 11 is 0. The standard InChI is InChI=1S/C20H21FN4/c1-3-25(18-7-5-4-6-8-18)20-13-19(23-15(2)24-20)22-14-16-9-11-17(21)12-10-16/h4-13H,3,14H2,1-2H3,(H,22,23,24). The minimum absolute atomic E-state index is 0.231. The lowest BCUT2D eigenvalue weighted by atomic mass is 10.2. The largest absolute Gasteiger partial charge is 0.366 e. The number of benzene rings is 2. The van der Waals surface area contributed by atoms with Gasteiger partial charge in [-0.3, -0.25) is 0 Å². The van der Waals surface area contributed by atoms with Gasteiger partial charge in [0.15, 0.2) is 0 Å². The van der Waals surface area contributed by atoms with Crippen LogP contribution in [0.3, 0.4) is 0 Å². The maximum atomic E-state index is 13.0. The van der Waals surface area contributed by atoms with Crippen molar-refractivity contribution in [2.75, 3.05) is 16.8 Å². The first kappa shape index (κ1) is 16.9. The second kappa shape index (κ2) is 7.75. The van der Waals surface area contributed by atoms with Gasteiger partial charge in [-0.2, -0.15) is 0 Å². The van der Waals surface area contributed by atoms with E-state index >= 15 is 0 Å². The van der Waals surface area contributed by atoms with E-state index in [9.17, 15) is 4.39 Å². The van der Waals surface area contributed by atoms with Gasteiger partial charge < -0.3 is 10.2 Å². The summed E-state index contributed by atoms with van der Waals surface area (Å²) in [5.41, 5.74) is 2.09. The third kappa shape index (κ3) is 4.32. The first-order valence-electron chi connectivity index (χ1n) is 8.32. The molecular formula is C20H21FN4. The highest BCUT2D eigenvalue weighted by atomic mass is 19.1. The lowest BCUT2D eigenvalue weighted by Gasteiger charge is -2.23. The molecule has 0 saturated carbocycles. The summed E-state index contributed by atoms with van der Waals surface area (Å²) in [5.74, 6) is 2.07. The third-order valence-electron chi connectivity index (χ3n) is 3.87. The van der Waals surface area contributed by atoms with E-state index in [0.29, 0.717) is 12.4 Å². The molecule has 0 atom stereocenters. The van der Waals surface area contributed by atoms with Crippen molar-refractivity contribution in [3.63, 3.8) is 0 Å². The molecule has 0 amide bonds. The Labute approximate surface area is 147 Å². The molecule has 4 nitrogen and oxygen atoms in total. The minimum Gasteiger partial charge on any atom is -0.366 e. The van der Waals surface area contributed by atoms with E-state index in [0.717, 1.165) is 29.4 Å². The summed E-state index contributed by atoms with van der Waals surface area (Å²) in [6, 6.07) is 18.5. The number of rotatable bonds is 6. The molecule has 0 fully saturated rings. The second-order valence-electron chi connectivity index (χ2n) is 5.72. The van der Waals surface area contributed by atoms with E-state index in [2.05, 4.69) is 39.2 Å². The molecule has 128 valence electrons. The molecule has 0 aliphatic rings. The molecule has 0 bridgehead atoms. The first-order valence-corrected chi connectivity index (χ1v) is 8.32. The van der Waals surface area contributed by atoms with Crippen LogP contribution in [0.4, 0.5) is 21.7 Å². The maximum Gasteiger partial charge on any atom is 0.138 e. The fourth-order valence-electron chi connectivity index (χ4n) is 2.66. The molecule has 1 heterocycles. The van der Waals surface area contributed by atoms with E-state index < -0.39 is 0 Å². The first-order chi connectivity index (χ1) is 12.2. The van der Waals surface area contributed by atoms with Gasteiger partial charge in [0.1, 0.15) is 23.3 Å². The van der Waals surface area contributed by atoms with E-state index in [4.69, 9.17) is 0 Å². The van der Waals surface area contributed by atoms with Crippen molar-refractivity contribution in [1.82, 2.24) is 9.97 Å². The van der Waals surface area contributed by atoms with Crippen LogP contribution in [0.5, 0.6) is 0 Å².